The molecule has 0 aliphatic carbocycles. The fraction of sp³-hybridized carbons (Fsp3) is 0.455. The van der Waals surface area contributed by atoms with Gasteiger partial charge in [0.2, 0.25) is 0 Å². The van der Waals surface area contributed by atoms with Crippen molar-refractivity contribution in [2.75, 3.05) is 6.61 Å². The second-order valence-electron chi connectivity index (χ2n) is 3.65. The van der Waals surface area contributed by atoms with Crippen LogP contribution in [0.25, 0.3) is 0 Å². The Balaban J connectivity index is 2.72. The van der Waals surface area contributed by atoms with Crippen molar-refractivity contribution >= 4 is 27.5 Å². The minimum absolute atomic E-state index is 0.182. The van der Waals surface area contributed by atoms with Crippen LogP contribution in [0.5, 0.6) is 0 Å². The van der Waals surface area contributed by atoms with Gasteiger partial charge in [-0.15, -0.1) is 0 Å². The molecule has 0 aliphatic heterocycles. The molecule has 0 amide bonds. The monoisotopic (exact) mass is 291 g/mol. The van der Waals surface area contributed by atoms with E-state index in [1.807, 2.05) is 32.0 Å². The van der Waals surface area contributed by atoms with Gasteiger partial charge in [-0.05, 0) is 37.6 Å². The van der Waals surface area contributed by atoms with Crippen molar-refractivity contribution in [2.24, 2.45) is 5.73 Å². The summed E-state index contributed by atoms with van der Waals surface area (Å²) in [6, 6.07) is 5.46. The molecule has 0 aliphatic rings. The van der Waals surface area contributed by atoms with Crippen molar-refractivity contribution < 1.29 is 4.74 Å². The lowest BCUT2D eigenvalue weighted by Crippen LogP contribution is -2.20. The van der Waals surface area contributed by atoms with Crippen molar-refractivity contribution in [3.63, 3.8) is 0 Å². The van der Waals surface area contributed by atoms with Crippen LogP contribution in [0.1, 0.15) is 25.5 Å². The number of halogens is 2. The van der Waals surface area contributed by atoms with Crippen LogP contribution in [0.4, 0.5) is 0 Å². The number of ether oxygens (including phenoxy) is 1. The molecule has 0 aromatic heterocycles. The Hall–Kier alpha value is -0.0900. The van der Waals surface area contributed by atoms with E-state index in [9.17, 15) is 0 Å². The molecule has 15 heavy (non-hydrogen) atoms. The van der Waals surface area contributed by atoms with E-state index in [-0.39, 0.29) is 12.1 Å². The molecule has 0 fully saturated rings. The lowest BCUT2D eigenvalue weighted by atomic mass is 10.1. The zero-order valence-electron chi connectivity index (χ0n) is 8.84. The molecule has 0 heterocycles. The highest BCUT2D eigenvalue weighted by Gasteiger charge is 2.11. The quantitative estimate of drug-likeness (QED) is 0.921. The summed E-state index contributed by atoms with van der Waals surface area (Å²) < 4.78 is 6.43. The summed E-state index contributed by atoms with van der Waals surface area (Å²) in [5.41, 5.74) is 6.89. The summed E-state index contributed by atoms with van der Waals surface area (Å²) in [5.74, 6) is 0. The first-order chi connectivity index (χ1) is 7.00. The minimum Gasteiger partial charge on any atom is -0.377 e. The Bertz CT molecular complexity index is 330. The standard InChI is InChI=1S/C11H15BrClNO/c1-7(2)15-6-11(14)9-5-8(12)3-4-10(9)13/h3-5,7,11H,6,14H2,1-2H3. The lowest BCUT2D eigenvalue weighted by Gasteiger charge is -2.16. The zero-order chi connectivity index (χ0) is 11.4. The molecular formula is C11H15BrClNO. The Labute approximate surface area is 104 Å². The molecule has 2 N–H and O–H groups in total. The molecule has 2 nitrogen and oxygen atoms in total. The van der Waals surface area contributed by atoms with Gasteiger partial charge >= 0.3 is 0 Å². The molecule has 1 rings (SSSR count). The highest BCUT2D eigenvalue weighted by molar-refractivity contribution is 9.10. The van der Waals surface area contributed by atoms with Crippen molar-refractivity contribution in [1.29, 1.82) is 0 Å². The molecule has 84 valence electrons. The van der Waals surface area contributed by atoms with E-state index in [0.29, 0.717) is 11.6 Å². The molecule has 1 unspecified atom stereocenters. The molecule has 0 saturated carbocycles. The molecule has 4 heteroatoms. The summed E-state index contributed by atoms with van der Waals surface area (Å²) in [7, 11) is 0. The van der Waals surface area contributed by atoms with Gasteiger partial charge in [-0.1, -0.05) is 27.5 Å². The van der Waals surface area contributed by atoms with E-state index >= 15 is 0 Å². The largest absolute Gasteiger partial charge is 0.377 e. The van der Waals surface area contributed by atoms with Crippen LogP contribution in [-0.4, -0.2) is 12.7 Å². The maximum absolute atomic E-state index is 6.05. The van der Waals surface area contributed by atoms with Gasteiger partial charge in [0.1, 0.15) is 0 Å². The molecule has 1 aromatic rings. The smallest absolute Gasteiger partial charge is 0.0663 e. The number of nitrogens with two attached hydrogens (primary N) is 1. The van der Waals surface area contributed by atoms with Crippen LogP contribution in [0.2, 0.25) is 5.02 Å². The van der Waals surface area contributed by atoms with Gasteiger partial charge in [0.05, 0.1) is 18.8 Å². The predicted octanol–water partition coefficient (Wildman–Crippen LogP) is 3.53. The number of benzene rings is 1. The van der Waals surface area contributed by atoms with E-state index in [1.165, 1.54) is 0 Å². The average Bonchev–Trinajstić information content (AvgIpc) is 2.18. The molecule has 0 radical (unpaired) electrons. The van der Waals surface area contributed by atoms with Crippen LogP contribution in [0.3, 0.4) is 0 Å². The van der Waals surface area contributed by atoms with Gasteiger partial charge in [0, 0.05) is 9.50 Å². The van der Waals surface area contributed by atoms with Crippen molar-refractivity contribution in [3.8, 4) is 0 Å². The Morgan fingerprint density at radius 2 is 2.13 bits per heavy atom. The van der Waals surface area contributed by atoms with E-state index in [2.05, 4.69) is 15.9 Å². The van der Waals surface area contributed by atoms with E-state index in [4.69, 9.17) is 22.1 Å². The Kier molecular flexibility index (Phi) is 5.06. The summed E-state index contributed by atoms with van der Waals surface area (Å²) >= 11 is 9.44. The molecule has 0 bridgehead atoms. The van der Waals surface area contributed by atoms with Crippen molar-refractivity contribution in [2.45, 2.75) is 26.0 Å². The summed E-state index contributed by atoms with van der Waals surface area (Å²) in [4.78, 5) is 0. The Morgan fingerprint density at radius 3 is 2.73 bits per heavy atom. The first kappa shape index (κ1) is 13.0. The van der Waals surface area contributed by atoms with Gasteiger partial charge in [-0.2, -0.15) is 0 Å². The van der Waals surface area contributed by atoms with Crippen LogP contribution in [-0.2, 0) is 4.74 Å². The third kappa shape index (κ3) is 4.11. The first-order valence-electron chi connectivity index (χ1n) is 4.83. The molecular weight excluding hydrogens is 277 g/mol. The van der Waals surface area contributed by atoms with Crippen molar-refractivity contribution in [1.82, 2.24) is 0 Å². The fourth-order valence-corrected chi connectivity index (χ4v) is 1.82. The maximum Gasteiger partial charge on any atom is 0.0663 e. The van der Waals surface area contributed by atoms with Crippen LogP contribution >= 0.6 is 27.5 Å². The van der Waals surface area contributed by atoms with Gasteiger partial charge < -0.3 is 10.5 Å². The predicted molar refractivity (Wildman–Crippen MR) is 67.2 cm³/mol. The third-order valence-corrected chi connectivity index (χ3v) is 2.80. The van der Waals surface area contributed by atoms with E-state index in [1.54, 1.807) is 0 Å². The SMILES string of the molecule is CC(C)OCC(N)c1cc(Br)ccc1Cl. The molecule has 1 atom stereocenters. The number of hydrogen-bond donors (Lipinski definition) is 1. The second kappa shape index (κ2) is 5.85. The average molecular weight is 293 g/mol. The first-order valence-corrected chi connectivity index (χ1v) is 6.00. The minimum atomic E-state index is -0.183. The highest BCUT2D eigenvalue weighted by atomic mass is 79.9. The molecule has 0 spiro atoms. The van der Waals surface area contributed by atoms with Crippen molar-refractivity contribution in [3.05, 3.63) is 33.3 Å². The molecule has 1 aromatic carbocycles. The van der Waals surface area contributed by atoms with Crippen LogP contribution in [0, 0.1) is 0 Å². The summed E-state index contributed by atoms with van der Waals surface area (Å²) in [5, 5.41) is 0.679. The van der Waals surface area contributed by atoms with E-state index < -0.39 is 0 Å². The number of hydrogen-bond acceptors (Lipinski definition) is 2. The van der Waals surface area contributed by atoms with Crippen LogP contribution in [0.15, 0.2) is 22.7 Å². The lowest BCUT2D eigenvalue weighted by molar-refractivity contribution is 0.0683. The van der Waals surface area contributed by atoms with Crippen LogP contribution < -0.4 is 5.73 Å². The fourth-order valence-electron chi connectivity index (χ4n) is 1.18. The number of rotatable bonds is 4. The maximum atomic E-state index is 6.05. The Morgan fingerprint density at radius 1 is 1.47 bits per heavy atom. The normalized spacial score (nSPS) is 13.2. The zero-order valence-corrected chi connectivity index (χ0v) is 11.2. The van der Waals surface area contributed by atoms with Gasteiger partial charge in [-0.3, -0.25) is 0 Å². The van der Waals surface area contributed by atoms with E-state index in [0.717, 1.165) is 10.0 Å². The summed E-state index contributed by atoms with van der Waals surface area (Å²) in [6.07, 6.45) is 0.182. The van der Waals surface area contributed by atoms with Gasteiger partial charge in [0.25, 0.3) is 0 Å². The van der Waals surface area contributed by atoms with Gasteiger partial charge in [-0.25, -0.2) is 0 Å². The highest BCUT2D eigenvalue weighted by Crippen LogP contribution is 2.25. The summed E-state index contributed by atoms with van der Waals surface area (Å²) in [6.45, 7) is 4.44. The molecule has 0 saturated heterocycles. The third-order valence-electron chi connectivity index (χ3n) is 1.97. The second-order valence-corrected chi connectivity index (χ2v) is 4.98. The van der Waals surface area contributed by atoms with Gasteiger partial charge in [0.15, 0.2) is 0 Å². The topological polar surface area (TPSA) is 35.2 Å².